The van der Waals surface area contributed by atoms with E-state index in [4.69, 9.17) is 21.9 Å². The normalized spacial score (nSPS) is 28.3. The lowest BCUT2D eigenvalue weighted by Gasteiger charge is -2.68. The van der Waals surface area contributed by atoms with Gasteiger partial charge in [-0.1, -0.05) is 42.5 Å². The number of hydrogen-bond donors (Lipinski definition) is 6. The Kier molecular flexibility index (Phi) is 11.4. The number of carbonyl (C=O) groups is 5. The number of ketones is 2. The molecule has 0 aromatic heterocycles. The minimum Gasteiger partial charge on any atom is -0.508 e. The van der Waals surface area contributed by atoms with E-state index in [1.165, 1.54) is 31.0 Å². The molecule has 0 spiro atoms. The molecule has 0 radical (unpaired) electrons. The Morgan fingerprint density at radius 3 is 2.06 bits per heavy atom. The molecule has 270 valence electrons. The predicted molar refractivity (Wildman–Crippen MR) is 190 cm³/mol. The van der Waals surface area contributed by atoms with Crippen molar-refractivity contribution < 1.29 is 33.8 Å². The maximum absolute atomic E-state index is 14.5. The Bertz CT molecular complexity index is 1570. The van der Waals surface area contributed by atoms with Crippen molar-refractivity contribution in [3.05, 3.63) is 65.7 Å². The Morgan fingerprint density at radius 2 is 1.46 bits per heavy atom. The van der Waals surface area contributed by atoms with Gasteiger partial charge in [-0.25, -0.2) is 4.79 Å². The standard InChI is InChI=1S/C37H49N5O7S/c1-49-34(48)37(40)35(17-24-14-25(18-35)20-36(37,19-24)31(45)27(38)15-22-6-4-3-5-7-22)30(44)21-41-33(47)29(12-13-50-2)42-32(46)28(39)16-23-8-10-26(43)11-9-23/h3-11,24-25,27-29,43H,12-21,38-40H2,1-2H3,(H,41,47)(H,42,46)/t24?,25?,27-,28-,29+,35?,36?,37?/m0/s1. The van der Waals surface area contributed by atoms with Gasteiger partial charge in [-0.2, -0.15) is 11.8 Å². The number of aromatic hydroxyl groups is 1. The number of benzene rings is 2. The smallest absolute Gasteiger partial charge is 0.327 e. The predicted octanol–water partition coefficient (Wildman–Crippen LogP) is 1.39. The van der Waals surface area contributed by atoms with Gasteiger partial charge in [0.1, 0.15) is 17.3 Å². The van der Waals surface area contributed by atoms with Crippen molar-refractivity contribution in [3.8, 4) is 5.75 Å². The molecule has 6 atom stereocenters. The molecular formula is C37H49N5O7S. The number of nitrogens with two attached hydrogens (primary N) is 3. The van der Waals surface area contributed by atoms with Crippen LogP contribution in [0.5, 0.6) is 5.75 Å². The van der Waals surface area contributed by atoms with Crippen molar-refractivity contribution in [1.82, 2.24) is 10.6 Å². The molecule has 4 bridgehead atoms. The van der Waals surface area contributed by atoms with E-state index >= 15 is 0 Å². The molecule has 0 saturated heterocycles. The number of rotatable bonds is 16. The van der Waals surface area contributed by atoms with E-state index in [9.17, 15) is 29.1 Å². The first-order valence-corrected chi connectivity index (χ1v) is 18.5. The zero-order chi connectivity index (χ0) is 36.3. The summed E-state index contributed by atoms with van der Waals surface area (Å²) < 4.78 is 5.28. The minimum absolute atomic E-state index is 0.0277. The van der Waals surface area contributed by atoms with Gasteiger partial charge in [0, 0.05) is 0 Å². The van der Waals surface area contributed by atoms with E-state index in [1.54, 1.807) is 12.1 Å². The van der Waals surface area contributed by atoms with Crippen LogP contribution in [0.1, 0.15) is 49.7 Å². The minimum atomic E-state index is -1.98. The highest BCUT2D eigenvalue weighted by atomic mass is 32.2. The van der Waals surface area contributed by atoms with Gasteiger partial charge in [0.15, 0.2) is 11.6 Å². The largest absolute Gasteiger partial charge is 0.508 e. The Morgan fingerprint density at radius 1 is 0.880 bits per heavy atom. The summed E-state index contributed by atoms with van der Waals surface area (Å²) in [6.07, 6.45) is 4.69. The molecule has 2 aromatic rings. The number of phenols is 1. The van der Waals surface area contributed by atoms with E-state index in [0.29, 0.717) is 31.4 Å². The SMILES string of the molecule is COC(=O)C1(N)C2(C(=O)CNC(=O)[C@@H](CCSC)NC(=O)[C@@H](N)Cc3ccc(O)cc3)CC3CC(C2)CC1(C(=O)[C@@H](N)Cc1ccccc1)C3. The molecule has 9 N–H and O–H groups in total. The van der Waals surface area contributed by atoms with E-state index in [2.05, 4.69) is 10.6 Å². The summed E-state index contributed by atoms with van der Waals surface area (Å²) in [4.78, 5) is 69.5. The molecular weight excluding hydrogens is 659 g/mol. The first-order chi connectivity index (χ1) is 23.8. The number of thioether (sulfide) groups is 1. The third-order valence-electron chi connectivity index (χ3n) is 11.3. The molecule has 2 aromatic carbocycles. The average molecular weight is 708 g/mol. The van der Waals surface area contributed by atoms with Gasteiger partial charge in [0.2, 0.25) is 11.8 Å². The molecule has 3 unspecified atom stereocenters. The Labute approximate surface area is 297 Å². The van der Waals surface area contributed by atoms with Crippen molar-refractivity contribution in [3.63, 3.8) is 0 Å². The highest BCUT2D eigenvalue weighted by molar-refractivity contribution is 7.98. The zero-order valence-corrected chi connectivity index (χ0v) is 29.5. The maximum Gasteiger partial charge on any atom is 0.327 e. The molecule has 13 heteroatoms. The molecule has 0 aliphatic heterocycles. The average Bonchev–Trinajstić information content (AvgIpc) is 3.11. The summed E-state index contributed by atoms with van der Waals surface area (Å²) in [7, 11) is 1.20. The van der Waals surface area contributed by atoms with E-state index in [0.717, 1.165) is 17.5 Å². The number of esters is 1. The lowest BCUT2D eigenvalue weighted by Crippen LogP contribution is -2.82. The summed E-state index contributed by atoms with van der Waals surface area (Å²) in [5, 5.41) is 15.0. The number of Topliss-reactive ketones (excluding diaryl/α,β-unsaturated/α-hetero) is 2. The molecule has 50 heavy (non-hydrogen) atoms. The van der Waals surface area contributed by atoms with E-state index in [-0.39, 0.29) is 42.6 Å². The van der Waals surface area contributed by atoms with Gasteiger partial charge in [-0.05, 0) is 98.5 Å². The van der Waals surface area contributed by atoms with Crippen LogP contribution in [0.4, 0.5) is 0 Å². The third-order valence-corrected chi connectivity index (χ3v) is 11.9. The summed E-state index contributed by atoms with van der Waals surface area (Å²) in [6.45, 7) is -0.445. The van der Waals surface area contributed by atoms with Crippen LogP contribution < -0.4 is 27.8 Å². The molecule has 4 aliphatic carbocycles. The van der Waals surface area contributed by atoms with Gasteiger partial charge < -0.3 is 37.7 Å². The van der Waals surface area contributed by atoms with Crippen LogP contribution in [0.2, 0.25) is 0 Å². The van der Waals surface area contributed by atoms with Crippen LogP contribution in [-0.4, -0.2) is 83.8 Å². The second-order valence-electron chi connectivity index (χ2n) is 14.4. The highest BCUT2D eigenvalue weighted by Gasteiger charge is 2.78. The lowest BCUT2D eigenvalue weighted by molar-refractivity contribution is -0.208. The zero-order valence-electron chi connectivity index (χ0n) is 28.7. The lowest BCUT2D eigenvalue weighted by atomic mass is 9.34. The van der Waals surface area contributed by atoms with Crippen molar-refractivity contribution in [2.24, 2.45) is 39.9 Å². The second kappa shape index (κ2) is 15.2. The van der Waals surface area contributed by atoms with Crippen LogP contribution in [0.3, 0.4) is 0 Å². The van der Waals surface area contributed by atoms with Crippen LogP contribution in [0.15, 0.2) is 54.6 Å². The van der Waals surface area contributed by atoms with Crippen LogP contribution >= 0.6 is 11.8 Å². The van der Waals surface area contributed by atoms with Crippen LogP contribution in [0.25, 0.3) is 0 Å². The van der Waals surface area contributed by atoms with Gasteiger partial charge >= 0.3 is 5.97 Å². The summed E-state index contributed by atoms with van der Waals surface area (Å²) in [6, 6.07) is 12.8. The van der Waals surface area contributed by atoms with Crippen molar-refractivity contribution in [2.45, 2.75) is 75.0 Å². The van der Waals surface area contributed by atoms with Crippen LogP contribution in [0, 0.1) is 22.7 Å². The van der Waals surface area contributed by atoms with E-state index in [1.807, 2.05) is 36.6 Å². The molecule has 0 heterocycles. The van der Waals surface area contributed by atoms with E-state index < -0.39 is 64.6 Å². The number of hydrogen-bond acceptors (Lipinski definition) is 11. The number of methoxy groups -OCH3 is 1. The van der Waals surface area contributed by atoms with Gasteiger partial charge in [0.25, 0.3) is 0 Å². The molecule has 12 nitrogen and oxygen atoms in total. The number of ether oxygens (including phenoxy) is 1. The van der Waals surface area contributed by atoms with Gasteiger partial charge in [-0.3, -0.25) is 19.2 Å². The second-order valence-corrected chi connectivity index (χ2v) is 15.4. The fourth-order valence-electron chi connectivity index (χ4n) is 9.12. The topological polar surface area (TPSA) is 217 Å². The third kappa shape index (κ3) is 6.92. The first-order valence-electron chi connectivity index (χ1n) is 17.1. The fourth-order valence-corrected chi connectivity index (χ4v) is 9.59. The van der Waals surface area contributed by atoms with Crippen LogP contribution in [-0.2, 0) is 41.6 Å². The first kappa shape index (κ1) is 37.5. The molecule has 4 aliphatic rings. The number of nitrogens with one attached hydrogen (secondary N) is 2. The Hall–Kier alpha value is -3.78. The summed E-state index contributed by atoms with van der Waals surface area (Å²) >= 11 is 1.50. The van der Waals surface area contributed by atoms with Gasteiger partial charge in [0.05, 0.1) is 36.6 Å². The Balaban J connectivity index is 1.35. The molecule has 4 saturated carbocycles. The van der Waals surface area contributed by atoms with Crippen molar-refractivity contribution >= 4 is 41.1 Å². The maximum atomic E-state index is 14.5. The van der Waals surface area contributed by atoms with Crippen molar-refractivity contribution in [1.29, 1.82) is 0 Å². The number of amides is 2. The molecule has 2 amide bonds. The number of phenolic OH excluding ortho intramolecular Hbond substituents is 1. The number of carbonyl (C=O) groups excluding carboxylic acids is 5. The fraction of sp³-hybridized carbons (Fsp3) is 0.541. The summed E-state index contributed by atoms with van der Waals surface area (Å²) in [5.41, 5.74) is 16.7. The molecule has 4 fully saturated rings. The summed E-state index contributed by atoms with van der Waals surface area (Å²) in [5.74, 6) is -2.13. The quantitative estimate of drug-likeness (QED) is 0.137. The molecule has 6 rings (SSSR count). The highest BCUT2D eigenvalue weighted by Crippen LogP contribution is 2.70. The van der Waals surface area contributed by atoms with Crippen molar-refractivity contribution in [2.75, 3.05) is 25.7 Å². The monoisotopic (exact) mass is 707 g/mol. The van der Waals surface area contributed by atoms with Gasteiger partial charge in [-0.15, -0.1) is 0 Å².